The van der Waals surface area contributed by atoms with Gasteiger partial charge < -0.3 is 9.16 Å². The molecule has 0 heterocycles. The summed E-state index contributed by atoms with van der Waals surface area (Å²) in [4.78, 5) is 12.0. The second-order valence-electron chi connectivity index (χ2n) is 11.4. The van der Waals surface area contributed by atoms with Crippen LogP contribution < -0.4 is 0 Å². The third kappa shape index (κ3) is 6.68. The average Bonchev–Trinajstić information content (AvgIpc) is 2.90. The van der Waals surface area contributed by atoms with Gasteiger partial charge in [0.25, 0.3) is 0 Å². The predicted octanol–water partition coefficient (Wildman–Crippen LogP) is 7.13. The number of esters is 1. The highest BCUT2D eigenvalue weighted by atomic mass is 28.4. The summed E-state index contributed by atoms with van der Waals surface area (Å²) in [6.07, 6.45) is 11.6. The molecule has 0 spiro atoms. The van der Waals surface area contributed by atoms with Gasteiger partial charge in [-0.2, -0.15) is 0 Å². The Labute approximate surface area is 181 Å². The number of allylic oxidation sites excluding steroid dienone is 1. The Hall–Kier alpha value is -0.613. The van der Waals surface area contributed by atoms with Crippen molar-refractivity contribution in [1.82, 2.24) is 0 Å². The van der Waals surface area contributed by atoms with Crippen LogP contribution in [0.2, 0.25) is 19.6 Å². The number of carbonyl (C=O) groups excluding carboxylic acids is 1. The highest BCUT2D eigenvalue weighted by molar-refractivity contribution is 6.69. The molecule has 2 aliphatic carbocycles. The molecule has 0 N–H and O–H groups in total. The Morgan fingerprint density at radius 1 is 1.31 bits per heavy atom. The number of fused-ring (bicyclic) bond motifs is 1. The lowest BCUT2D eigenvalue weighted by molar-refractivity contribution is -0.137. The summed E-state index contributed by atoms with van der Waals surface area (Å²) in [5, 5.41) is 0. The monoisotopic (exact) mass is 422 g/mol. The van der Waals surface area contributed by atoms with Gasteiger partial charge in [-0.1, -0.05) is 32.3 Å². The number of carbonyl (C=O) groups is 1. The van der Waals surface area contributed by atoms with E-state index in [9.17, 15) is 4.79 Å². The van der Waals surface area contributed by atoms with Crippen molar-refractivity contribution < 1.29 is 14.0 Å². The first kappa shape index (κ1) is 24.7. The number of ether oxygens (including phenoxy) is 1. The fraction of sp³-hybridized carbons (Fsp3) is 0.880. The van der Waals surface area contributed by atoms with E-state index in [1.807, 2.05) is 13.0 Å². The van der Waals surface area contributed by atoms with E-state index < -0.39 is 8.32 Å². The van der Waals surface area contributed by atoms with Crippen molar-refractivity contribution in [3.63, 3.8) is 0 Å². The summed E-state index contributed by atoms with van der Waals surface area (Å²) in [5.41, 5.74) is 1.70. The van der Waals surface area contributed by atoms with Crippen LogP contribution in [0, 0.1) is 23.2 Å². The maximum Gasteiger partial charge on any atom is 0.330 e. The molecule has 29 heavy (non-hydrogen) atoms. The largest absolute Gasteiger partial charge is 0.463 e. The van der Waals surface area contributed by atoms with Gasteiger partial charge in [0.2, 0.25) is 0 Å². The zero-order valence-electron chi connectivity index (χ0n) is 20.4. The molecule has 2 rings (SSSR count). The molecule has 0 bridgehead atoms. The van der Waals surface area contributed by atoms with Crippen molar-refractivity contribution in [3.05, 3.63) is 11.6 Å². The van der Waals surface area contributed by atoms with E-state index in [4.69, 9.17) is 9.16 Å². The second kappa shape index (κ2) is 9.68. The zero-order chi connectivity index (χ0) is 21.9. The van der Waals surface area contributed by atoms with E-state index in [1.54, 1.807) is 0 Å². The first-order chi connectivity index (χ1) is 13.4. The van der Waals surface area contributed by atoms with Gasteiger partial charge in [0.05, 0.1) is 12.2 Å². The minimum atomic E-state index is -1.50. The lowest BCUT2D eigenvalue weighted by Gasteiger charge is -2.44. The molecule has 4 atom stereocenters. The average molecular weight is 423 g/mol. The highest BCUT2D eigenvalue weighted by Gasteiger charge is 2.50. The van der Waals surface area contributed by atoms with Crippen molar-refractivity contribution in [2.75, 3.05) is 6.61 Å². The van der Waals surface area contributed by atoms with Crippen LogP contribution in [0.5, 0.6) is 0 Å². The highest BCUT2D eigenvalue weighted by Crippen LogP contribution is 2.59. The predicted molar refractivity (Wildman–Crippen MR) is 124 cm³/mol. The van der Waals surface area contributed by atoms with Crippen LogP contribution in [-0.2, 0) is 14.0 Å². The summed E-state index contributed by atoms with van der Waals surface area (Å²) in [6, 6.07) is 0. The van der Waals surface area contributed by atoms with Gasteiger partial charge in [-0.3, -0.25) is 0 Å². The third-order valence-corrected chi connectivity index (χ3v) is 8.50. The lowest BCUT2D eigenvalue weighted by Crippen LogP contribution is -2.38. The Morgan fingerprint density at radius 2 is 2.00 bits per heavy atom. The standard InChI is InChI=1S/C25H46O3Si/c1-9-27-23(26)18-20-13-11-17-25(5)21(14-15-22(20)25)19(2)12-10-16-24(3,4)28-29(6,7)8/h18-19,21-22H,9-17H2,1-8H3/t19?,21-,22-,25+/m1/s1. The molecule has 168 valence electrons. The number of rotatable bonds is 9. The van der Waals surface area contributed by atoms with E-state index in [0.29, 0.717) is 17.9 Å². The van der Waals surface area contributed by atoms with Gasteiger partial charge in [0, 0.05) is 6.08 Å². The molecular weight excluding hydrogens is 376 g/mol. The third-order valence-electron chi connectivity index (χ3n) is 7.34. The van der Waals surface area contributed by atoms with Crippen molar-refractivity contribution in [2.24, 2.45) is 23.2 Å². The molecule has 1 unspecified atom stereocenters. The smallest absolute Gasteiger partial charge is 0.330 e. The Balaban J connectivity index is 1.97. The molecule has 2 aliphatic rings. The minimum absolute atomic E-state index is 0.00725. The van der Waals surface area contributed by atoms with E-state index >= 15 is 0 Å². The molecule has 0 aliphatic heterocycles. The molecule has 0 saturated heterocycles. The molecule has 0 amide bonds. The fourth-order valence-corrected chi connectivity index (χ4v) is 8.21. The molecule has 0 aromatic heterocycles. The van der Waals surface area contributed by atoms with E-state index in [-0.39, 0.29) is 11.6 Å². The van der Waals surface area contributed by atoms with Gasteiger partial charge in [-0.25, -0.2) is 4.79 Å². The van der Waals surface area contributed by atoms with Crippen LogP contribution in [0.25, 0.3) is 0 Å². The van der Waals surface area contributed by atoms with Crippen molar-refractivity contribution in [2.45, 2.75) is 111 Å². The van der Waals surface area contributed by atoms with Gasteiger partial charge in [0.15, 0.2) is 8.32 Å². The summed E-state index contributed by atoms with van der Waals surface area (Å²) < 4.78 is 11.6. The van der Waals surface area contributed by atoms with E-state index in [0.717, 1.165) is 24.7 Å². The molecule has 2 saturated carbocycles. The van der Waals surface area contributed by atoms with Crippen molar-refractivity contribution in [1.29, 1.82) is 0 Å². The molecular formula is C25H46O3Si. The maximum absolute atomic E-state index is 12.0. The fourth-order valence-electron chi connectivity index (χ4n) is 6.45. The first-order valence-electron chi connectivity index (χ1n) is 12.0. The topological polar surface area (TPSA) is 35.5 Å². The van der Waals surface area contributed by atoms with Gasteiger partial charge in [-0.05, 0) is 102 Å². The Bertz CT molecular complexity index is 589. The molecule has 0 aromatic rings. The summed E-state index contributed by atoms with van der Waals surface area (Å²) in [5.74, 6) is 1.92. The van der Waals surface area contributed by atoms with Crippen LogP contribution in [0.3, 0.4) is 0 Å². The van der Waals surface area contributed by atoms with Crippen LogP contribution in [0.15, 0.2) is 11.6 Å². The van der Waals surface area contributed by atoms with E-state index in [2.05, 4.69) is 47.3 Å². The molecule has 2 fully saturated rings. The minimum Gasteiger partial charge on any atom is -0.463 e. The Morgan fingerprint density at radius 3 is 2.62 bits per heavy atom. The Kier molecular flexibility index (Phi) is 8.23. The van der Waals surface area contributed by atoms with Crippen molar-refractivity contribution in [3.8, 4) is 0 Å². The molecule has 0 radical (unpaired) electrons. The van der Waals surface area contributed by atoms with Gasteiger partial charge >= 0.3 is 5.97 Å². The summed E-state index contributed by atoms with van der Waals surface area (Å²) in [6.45, 7) is 18.7. The summed E-state index contributed by atoms with van der Waals surface area (Å²) in [7, 11) is -1.50. The lowest BCUT2D eigenvalue weighted by atomic mass is 9.60. The first-order valence-corrected chi connectivity index (χ1v) is 15.4. The number of hydrogen-bond donors (Lipinski definition) is 0. The zero-order valence-corrected chi connectivity index (χ0v) is 21.4. The molecule has 0 aromatic carbocycles. The molecule has 3 nitrogen and oxygen atoms in total. The quantitative estimate of drug-likeness (QED) is 0.225. The maximum atomic E-state index is 12.0. The normalized spacial score (nSPS) is 30.3. The van der Waals surface area contributed by atoms with Crippen LogP contribution in [0.1, 0.15) is 86.0 Å². The number of hydrogen-bond acceptors (Lipinski definition) is 3. The van der Waals surface area contributed by atoms with E-state index in [1.165, 1.54) is 44.1 Å². The van der Waals surface area contributed by atoms with Crippen LogP contribution in [0.4, 0.5) is 0 Å². The molecule has 4 heteroatoms. The van der Waals surface area contributed by atoms with Crippen LogP contribution >= 0.6 is 0 Å². The second-order valence-corrected chi connectivity index (χ2v) is 15.8. The van der Waals surface area contributed by atoms with Crippen LogP contribution in [-0.4, -0.2) is 26.5 Å². The van der Waals surface area contributed by atoms with Gasteiger partial charge in [-0.15, -0.1) is 0 Å². The van der Waals surface area contributed by atoms with Crippen molar-refractivity contribution >= 4 is 14.3 Å². The summed E-state index contributed by atoms with van der Waals surface area (Å²) >= 11 is 0. The van der Waals surface area contributed by atoms with Gasteiger partial charge in [0.1, 0.15) is 0 Å². The SMILES string of the molecule is CCOC(=O)C=C1CCC[C@]2(C)[C@@H]1CC[C@@H]2C(C)CCCC(C)(C)O[Si](C)(C)C.